The highest BCUT2D eigenvalue weighted by Gasteiger charge is 1.93. The summed E-state index contributed by atoms with van der Waals surface area (Å²) >= 11 is 12.4. The van der Waals surface area contributed by atoms with E-state index in [4.69, 9.17) is 23.2 Å². The maximum Gasteiger partial charge on any atom is 0.328 e. The van der Waals surface area contributed by atoms with Crippen molar-refractivity contribution in [1.29, 1.82) is 0 Å². The number of hydrogen-bond donors (Lipinski definition) is 0. The van der Waals surface area contributed by atoms with E-state index >= 15 is 0 Å². The van der Waals surface area contributed by atoms with E-state index in [0.717, 1.165) is 4.43 Å². The van der Waals surface area contributed by atoms with Crippen molar-refractivity contribution in [2.75, 3.05) is 4.43 Å². The van der Waals surface area contributed by atoms with E-state index in [9.17, 15) is 0 Å². The minimum atomic E-state index is -0.0777. The molecule has 47 valence electrons. The van der Waals surface area contributed by atoms with E-state index in [1.807, 2.05) is 0 Å². The summed E-state index contributed by atoms with van der Waals surface area (Å²) in [5.41, 5.74) is 0. The first kappa shape index (κ1) is 8.85. The van der Waals surface area contributed by atoms with Gasteiger partial charge in [0.2, 0.25) is 0 Å². The molecule has 0 fully saturated rings. The van der Waals surface area contributed by atoms with Crippen LogP contribution < -0.4 is 0 Å². The van der Waals surface area contributed by atoms with Gasteiger partial charge in [-0.25, -0.2) is 0 Å². The maximum absolute atomic E-state index is 5.12. The molecule has 0 bridgehead atoms. The average Bonchev–Trinajstić information content (AvgIpc) is 1.66. The van der Waals surface area contributed by atoms with Crippen LogP contribution in [-0.4, -0.2) is 4.43 Å². The van der Waals surface area contributed by atoms with Gasteiger partial charge >= 0.3 is 5.02 Å². The van der Waals surface area contributed by atoms with Crippen LogP contribution in [0.2, 0.25) is 0 Å². The van der Waals surface area contributed by atoms with Crippen molar-refractivity contribution in [1.82, 2.24) is 0 Å². The van der Waals surface area contributed by atoms with E-state index < -0.39 is 0 Å². The summed E-state index contributed by atoms with van der Waals surface area (Å²) in [5.74, 6) is 0. The van der Waals surface area contributed by atoms with Gasteiger partial charge in [0.15, 0.2) is 0 Å². The molecule has 0 saturated heterocycles. The molecule has 1 nitrogen and oxygen atoms in total. The van der Waals surface area contributed by atoms with E-state index in [2.05, 4.69) is 27.3 Å². The van der Waals surface area contributed by atoms with Crippen molar-refractivity contribution < 1.29 is 4.74 Å². The average molecular weight is 266 g/mol. The fourth-order valence-corrected chi connectivity index (χ4v) is 0.446. The highest BCUT2D eigenvalue weighted by Crippen LogP contribution is 2.12. The van der Waals surface area contributed by atoms with Crippen LogP contribution in [0.1, 0.15) is 0 Å². The molecule has 0 aromatic heterocycles. The fourth-order valence-electron chi connectivity index (χ4n) is 0.136. The second-order valence-electron chi connectivity index (χ2n) is 0.870. The summed E-state index contributed by atoms with van der Waals surface area (Å²) < 4.78 is 5.43. The fraction of sp³-hybridized carbons (Fsp3) is 0.250. The molecule has 0 heterocycles. The summed E-state index contributed by atoms with van der Waals surface area (Å²) in [6.45, 7) is 0. The largest absolute Gasteiger partial charge is 0.460 e. The number of alkyl halides is 1. The SMILES string of the molecule is Cl[C](Cl)OC=CCI. The first-order valence-corrected chi connectivity index (χ1v) is 4.11. The summed E-state index contributed by atoms with van der Waals surface area (Å²) in [5, 5.41) is -0.0777. The van der Waals surface area contributed by atoms with Gasteiger partial charge in [-0.15, -0.1) is 0 Å². The van der Waals surface area contributed by atoms with Gasteiger partial charge < -0.3 is 4.74 Å². The normalized spacial score (nSPS) is 11.0. The first-order valence-electron chi connectivity index (χ1n) is 1.83. The molecule has 0 saturated carbocycles. The van der Waals surface area contributed by atoms with Crippen molar-refractivity contribution in [2.24, 2.45) is 0 Å². The molecule has 0 aromatic rings. The smallest absolute Gasteiger partial charge is 0.328 e. The van der Waals surface area contributed by atoms with Gasteiger partial charge in [-0.1, -0.05) is 45.8 Å². The van der Waals surface area contributed by atoms with Crippen LogP contribution >= 0.6 is 45.8 Å². The Hall–Kier alpha value is 0.850. The Kier molecular flexibility index (Phi) is 6.61. The summed E-state index contributed by atoms with van der Waals surface area (Å²) in [6.07, 6.45) is 3.24. The number of ether oxygens (including phenoxy) is 1. The highest BCUT2D eigenvalue weighted by atomic mass is 127. The number of halogens is 3. The molecule has 4 heteroatoms. The van der Waals surface area contributed by atoms with Crippen molar-refractivity contribution in [3.05, 3.63) is 17.4 Å². The van der Waals surface area contributed by atoms with E-state index in [1.165, 1.54) is 6.26 Å². The Bertz CT molecular complexity index is 74.4. The third-order valence-corrected chi connectivity index (χ3v) is 1.03. The van der Waals surface area contributed by atoms with Crippen LogP contribution in [0.15, 0.2) is 12.3 Å². The second-order valence-corrected chi connectivity index (χ2v) is 2.63. The molecule has 0 unspecified atom stereocenters. The van der Waals surface area contributed by atoms with E-state index in [1.54, 1.807) is 6.08 Å². The summed E-state index contributed by atoms with van der Waals surface area (Å²) in [7, 11) is 0. The van der Waals surface area contributed by atoms with Gasteiger partial charge in [-0.3, -0.25) is 0 Å². The standard InChI is InChI=1S/C4H4Cl2IO/c5-4(6)8-3-1-2-7/h1,3H,2H2. The van der Waals surface area contributed by atoms with E-state index in [0.29, 0.717) is 0 Å². The van der Waals surface area contributed by atoms with Crippen LogP contribution in [0.3, 0.4) is 0 Å². The molecule has 0 aliphatic heterocycles. The second kappa shape index (κ2) is 5.98. The van der Waals surface area contributed by atoms with Gasteiger partial charge in [0.25, 0.3) is 0 Å². The zero-order valence-electron chi connectivity index (χ0n) is 3.90. The van der Waals surface area contributed by atoms with Gasteiger partial charge in [0, 0.05) is 4.43 Å². The van der Waals surface area contributed by atoms with Gasteiger partial charge in [-0.05, 0) is 6.08 Å². The monoisotopic (exact) mass is 265 g/mol. The third-order valence-electron chi connectivity index (χ3n) is 0.342. The van der Waals surface area contributed by atoms with Crippen molar-refractivity contribution >= 4 is 45.8 Å². The predicted molar refractivity (Wildman–Crippen MR) is 44.1 cm³/mol. The van der Waals surface area contributed by atoms with Crippen molar-refractivity contribution in [3.8, 4) is 0 Å². The first-order chi connectivity index (χ1) is 3.77. The van der Waals surface area contributed by atoms with Crippen LogP contribution in [0, 0.1) is 5.02 Å². The number of rotatable bonds is 3. The van der Waals surface area contributed by atoms with Crippen molar-refractivity contribution in [2.45, 2.75) is 0 Å². The van der Waals surface area contributed by atoms with Crippen LogP contribution in [0.25, 0.3) is 0 Å². The Morgan fingerprint density at radius 1 is 1.62 bits per heavy atom. The minimum absolute atomic E-state index is 0.0777. The lowest BCUT2D eigenvalue weighted by Gasteiger charge is -1.93. The zero-order valence-corrected chi connectivity index (χ0v) is 7.57. The zero-order chi connectivity index (χ0) is 6.41. The van der Waals surface area contributed by atoms with E-state index in [-0.39, 0.29) is 5.02 Å². The highest BCUT2D eigenvalue weighted by molar-refractivity contribution is 14.1. The molecule has 0 aliphatic carbocycles. The lowest BCUT2D eigenvalue weighted by molar-refractivity contribution is 0.354. The molecule has 0 aromatic carbocycles. The van der Waals surface area contributed by atoms with Crippen LogP contribution in [0.5, 0.6) is 0 Å². The van der Waals surface area contributed by atoms with Crippen LogP contribution in [0.4, 0.5) is 0 Å². The third kappa shape index (κ3) is 6.85. The molecular weight excluding hydrogens is 262 g/mol. The minimum Gasteiger partial charge on any atom is -0.460 e. The topological polar surface area (TPSA) is 9.23 Å². The van der Waals surface area contributed by atoms with Gasteiger partial charge in [0.05, 0.1) is 6.26 Å². The molecule has 0 aliphatic rings. The Morgan fingerprint density at radius 3 is 2.62 bits per heavy atom. The van der Waals surface area contributed by atoms with Crippen molar-refractivity contribution in [3.63, 3.8) is 0 Å². The van der Waals surface area contributed by atoms with Crippen LogP contribution in [-0.2, 0) is 4.74 Å². The van der Waals surface area contributed by atoms with Gasteiger partial charge in [-0.2, -0.15) is 0 Å². The number of hydrogen-bond acceptors (Lipinski definition) is 1. The quantitative estimate of drug-likeness (QED) is 0.433. The lowest BCUT2D eigenvalue weighted by Crippen LogP contribution is -1.75. The molecule has 0 N–H and O–H groups in total. The summed E-state index contributed by atoms with van der Waals surface area (Å²) in [4.78, 5) is 0. The molecular formula is C4H4Cl2IO. The Morgan fingerprint density at radius 2 is 2.25 bits per heavy atom. The molecule has 1 radical (unpaired) electrons. The Labute approximate surface area is 72.1 Å². The molecule has 8 heavy (non-hydrogen) atoms. The summed E-state index contributed by atoms with van der Waals surface area (Å²) in [6, 6.07) is 0. The molecule has 0 atom stereocenters. The lowest BCUT2D eigenvalue weighted by atomic mass is 10.7. The number of allylic oxidation sites excluding steroid dienone is 1. The molecule has 0 amide bonds. The molecule has 0 spiro atoms. The van der Waals surface area contributed by atoms with Gasteiger partial charge in [0.1, 0.15) is 0 Å². The maximum atomic E-state index is 5.12. The molecule has 0 rings (SSSR count). The predicted octanol–water partition coefficient (Wildman–Crippen LogP) is 2.88. The Balaban J connectivity index is 3.03.